The van der Waals surface area contributed by atoms with Gasteiger partial charge in [-0.1, -0.05) is 32.8 Å². The summed E-state index contributed by atoms with van der Waals surface area (Å²) in [6.07, 6.45) is 6.12. The molecular weight excluding hydrogens is 436 g/mol. The molecule has 0 aromatic heterocycles. The summed E-state index contributed by atoms with van der Waals surface area (Å²) in [6, 6.07) is 0. The largest absolute Gasteiger partial charge is 0.460 e. The van der Waals surface area contributed by atoms with Gasteiger partial charge in [0.1, 0.15) is 5.60 Å². The summed E-state index contributed by atoms with van der Waals surface area (Å²) in [7, 11) is 0. The Balaban J connectivity index is 1.55. The molecule has 188 valence electrons. The van der Waals surface area contributed by atoms with E-state index in [-0.39, 0.29) is 29.6 Å². The number of hydrogen-bond acceptors (Lipinski definition) is 7. The van der Waals surface area contributed by atoms with Crippen LogP contribution in [0, 0.1) is 22.7 Å². The Morgan fingerprint density at radius 2 is 1.94 bits per heavy atom. The van der Waals surface area contributed by atoms with E-state index in [0.29, 0.717) is 32.1 Å². The second kappa shape index (κ2) is 7.97. The van der Waals surface area contributed by atoms with Crippen molar-refractivity contribution in [1.29, 1.82) is 0 Å². The molecule has 3 saturated carbocycles. The van der Waals surface area contributed by atoms with Crippen molar-refractivity contribution in [3.05, 3.63) is 11.6 Å². The molecule has 0 amide bonds. The van der Waals surface area contributed by atoms with Crippen LogP contribution >= 0.6 is 0 Å². The average Bonchev–Trinajstić information content (AvgIpc) is 2.91. The summed E-state index contributed by atoms with van der Waals surface area (Å²) in [5.74, 6) is -1.38. The first-order valence-corrected chi connectivity index (χ1v) is 13.0. The van der Waals surface area contributed by atoms with Gasteiger partial charge in [0.15, 0.2) is 12.1 Å². The number of hydrogen-bond donors (Lipinski definition) is 1. The van der Waals surface area contributed by atoms with Gasteiger partial charge >= 0.3 is 5.97 Å². The van der Waals surface area contributed by atoms with Crippen LogP contribution in [0.3, 0.4) is 0 Å². The standard InChI is InChI=1S/C27H38O7/c1-5-6-13-32-23(31)22(30)27-12-11-26(33-16(2)34-27)19-8-7-17-14-18(28)9-10-24(17,3)21(19)20(29)15-25(26,27)4/h14,16,19-21,29H,5-13,15H2,1-4H3/t16?,19-,20+,21-,24+,25+,26-,27-/m1/s1. The lowest BCUT2D eigenvalue weighted by Crippen LogP contribution is -2.74. The van der Waals surface area contributed by atoms with Crippen molar-refractivity contribution in [3.8, 4) is 0 Å². The fourth-order valence-corrected chi connectivity index (χ4v) is 8.62. The Labute approximate surface area is 201 Å². The number of aliphatic hydroxyl groups excluding tert-OH is 1. The third-order valence-electron chi connectivity index (χ3n) is 10.2. The van der Waals surface area contributed by atoms with Crippen molar-refractivity contribution in [2.45, 2.75) is 109 Å². The molecule has 8 atom stereocenters. The third-order valence-corrected chi connectivity index (χ3v) is 10.2. The van der Waals surface area contributed by atoms with Gasteiger partial charge in [0, 0.05) is 11.8 Å². The topological polar surface area (TPSA) is 99.1 Å². The number of unbranched alkanes of at least 4 members (excludes halogenated alkanes) is 1. The molecule has 0 spiro atoms. The Hall–Kier alpha value is -1.57. The number of rotatable bonds is 5. The molecule has 7 nitrogen and oxygen atoms in total. The smallest absolute Gasteiger partial charge is 0.377 e. The number of fused-ring (bicyclic) bond motifs is 3. The lowest BCUT2D eigenvalue weighted by atomic mass is 9.43. The Morgan fingerprint density at radius 3 is 2.68 bits per heavy atom. The summed E-state index contributed by atoms with van der Waals surface area (Å²) in [4.78, 5) is 38.7. The SMILES string of the molecule is CCCCOC(=O)C(=O)[C@@]12CC[C@@]3(OC(C)O1)[C@@H]1CCC4=CC(=O)CC[C@]4(C)[C@H]1[C@@H](O)C[C@]23C. The van der Waals surface area contributed by atoms with E-state index >= 15 is 0 Å². The van der Waals surface area contributed by atoms with Crippen molar-refractivity contribution in [1.82, 2.24) is 0 Å². The Bertz CT molecular complexity index is 941. The number of ketones is 2. The predicted octanol–water partition coefficient (Wildman–Crippen LogP) is 3.66. The van der Waals surface area contributed by atoms with Crippen molar-refractivity contribution in [2.75, 3.05) is 6.61 Å². The minimum absolute atomic E-state index is 0.00809. The highest BCUT2D eigenvalue weighted by Gasteiger charge is 2.80. The van der Waals surface area contributed by atoms with Crippen LogP contribution in [0.4, 0.5) is 0 Å². The van der Waals surface area contributed by atoms with Gasteiger partial charge in [0.2, 0.25) is 0 Å². The quantitative estimate of drug-likeness (QED) is 0.369. The molecule has 1 heterocycles. The van der Waals surface area contributed by atoms with Crippen LogP contribution in [-0.2, 0) is 28.6 Å². The van der Waals surface area contributed by atoms with Crippen LogP contribution in [0.25, 0.3) is 0 Å². The van der Waals surface area contributed by atoms with Crippen molar-refractivity contribution in [3.63, 3.8) is 0 Å². The number of carbonyl (C=O) groups excluding carboxylic acids is 3. The van der Waals surface area contributed by atoms with E-state index < -0.39 is 40.8 Å². The highest BCUT2D eigenvalue weighted by molar-refractivity contribution is 6.37. The number of esters is 1. The molecule has 2 bridgehead atoms. The second-order valence-electron chi connectivity index (χ2n) is 11.7. The first-order valence-electron chi connectivity index (χ1n) is 13.0. The first kappa shape index (κ1) is 24.1. The molecular formula is C27H38O7. The minimum Gasteiger partial charge on any atom is -0.460 e. The summed E-state index contributed by atoms with van der Waals surface area (Å²) in [6.45, 7) is 8.17. The predicted molar refractivity (Wildman–Crippen MR) is 123 cm³/mol. The molecule has 1 saturated heterocycles. The Kier molecular flexibility index (Phi) is 5.66. The van der Waals surface area contributed by atoms with Gasteiger partial charge in [-0.05, 0) is 75.2 Å². The van der Waals surface area contributed by atoms with E-state index in [1.807, 2.05) is 13.8 Å². The molecule has 1 unspecified atom stereocenters. The maximum atomic E-state index is 13.7. The second-order valence-corrected chi connectivity index (χ2v) is 11.7. The fraction of sp³-hybridized carbons (Fsp3) is 0.815. The molecule has 4 aliphatic carbocycles. The molecule has 5 aliphatic rings. The van der Waals surface area contributed by atoms with Gasteiger partial charge in [-0.15, -0.1) is 0 Å². The molecule has 4 fully saturated rings. The highest BCUT2D eigenvalue weighted by Crippen LogP contribution is 2.73. The van der Waals surface area contributed by atoms with Crippen LogP contribution < -0.4 is 0 Å². The number of ether oxygens (including phenoxy) is 3. The van der Waals surface area contributed by atoms with Gasteiger partial charge in [0.25, 0.3) is 5.78 Å². The number of allylic oxidation sites excluding steroid dienone is 1. The monoisotopic (exact) mass is 474 g/mol. The lowest BCUT2D eigenvalue weighted by Gasteiger charge is -2.67. The molecule has 7 heteroatoms. The zero-order valence-electron chi connectivity index (χ0n) is 20.9. The number of carbonyl (C=O) groups is 3. The number of aliphatic hydroxyl groups is 1. The average molecular weight is 475 g/mol. The summed E-state index contributed by atoms with van der Waals surface area (Å²) in [5.41, 5.74) is -2.02. The molecule has 34 heavy (non-hydrogen) atoms. The van der Waals surface area contributed by atoms with E-state index in [9.17, 15) is 19.5 Å². The maximum Gasteiger partial charge on any atom is 0.377 e. The van der Waals surface area contributed by atoms with Gasteiger partial charge < -0.3 is 19.3 Å². The molecule has 0 aromatic rings. The normalized spacial score (nSPS) is 47.2. The van der Waals surface area contributed by atoms with E-state index in [0.717, 1.165) is 31.3 Å². The maximum absolute atomic E-state index is 13.7. The van der Waals surface area contributed by atoms with E-state index in [2.05, 4.69) is 6.92 Å². The van der Waals surface area contributed by atoms with Crippen molar-refractivity contribution >= 4 is 17.5 Å². The van der Waals surface area contributed by atoms with Gasteiger partial charge in [-0.3, -0.25) is 9.59 Å². The third kappa shape index (κ3) is 2.96. The Morgan fingerprint density at radius 1 is 1.18 bits per heavy atom. The fourth-order valence-electron chi connectivity index (χ4n) is 8.62. The minimum atomic E-state index is -1.36. The lowest BCUT2D eigenvalue weighted by molar-refractivity contribution is -0.372. The van der Waals surface area contributed by atoms with Crippen LogP contribution in [0.1, 0.15) is 85.5 Å². The summed E-state index contributed by atoms with van der Waals surface area (Å²) < 4.78 is 18.2. The van der Waals surface area contributed by atoms with Gasteiger partial charge in [0.05, 0.1) is 18.3 Å². The zero-order valence-corrected chi connectivity index (χ0v) is 20.9. The van der Waals surface area contributed by atoms with E-state index in [4.69, 9.17) is 14.2 Å². The molecule has 1 aliphatic heterocycles. The zero-order chi connectivity index (χ0) is 24.5. The molecule has 0 radical (unpaired) electrons. The van der Waals surface area contributed by atoms with Gasteiger partial charge in [-0.2, -0.15) is 0 Å². The van der Waals surface area contributed by atoms with Crippen molar-refractivity contribution < 1.29 is 33.7 Å². The van der Waals surface area contributed by atoms with E-state index in [1.54, 1.807) is 13.0 Å². The van der Waals surface area contributed by atoms with Crippen LogP contribution in [0.5, 0.6) is 0 Å². The van der Waals surface area contributed by atoms with Crippen molar-refractivity contribution in [2.24, 2.45) is 22.7 Å². The van der Waals surface area contributed by atoms with Crippen LogP contribution in [-0.4, -0.2) is 52.8 Å². The van der Waals surface area contributed by atoms with E-state index in [1.165, 1.54) is 0 Å². The summed E-state index contributed by atoms with van der Waals surface area (Å²) in [5, 5.41) is 11.7. The highest BCUT2D eigenvalue weighted by atomic mass is 16.7. The van der Waals surface area contributed by atoms with Crippen LogP contribution in [0.15, 0.2) is 11.6 Å². The molecule has 5 rings (SSSR count). The summed E-state index contributed by atoms with van der Waals surface area (Å²) >= 11 is 0. The van der Waals surface area contributed by atoms with Gasteiger partial charge in [-0.25, -0.2) is 4.79 Å². The first-order chi connectivity index (χ1) is 16.0. The molecule has 1 N–H and O–H groups in total. The van der Waals surface area contributed by atoms with Crippen LogP contribution in [0.2, 0.25) is 0 Å². The number of Topliss-reactive ketones (excluding diaryl/α,β-unsaturated/α-hetero) is 1. The molecule has 0 aromatic carbocycles.